The van der Waals surface area contributed by atoms with E-state index in [2.05, 4.69) is 25.3 Å². The van der Waals surface area contributed by atoms with Crippen LogP contribution >= 0.6 is 0 Å². The van der Waals surface area contributed by atoms with Gasteiger partial charge in [0.05, 0.1) is 5.69 Å². The summed E-state index contributed by atoms with van der Waals surface area (Å²) in [5.74, 6) is 0.240. The third kappa shape index (κ3) is 5.59. The van der Waals surface area contributed by atoms with Crippen LogP contribution in [0.3, 0.4) is 0 Å². The summed E-state index contributed by atoms with van der Waals surface area (Å²) in [6.45, 7) is 0.400. The van der Waals surface area contributed by atoms with E-state index in [-0.39, 0.29) is 11.6 Å². The van der Waals surface area contributed by atoms with Gasteiger partial charge in [-0.1, -0.05) is 24.3 Å². The average molecular weight is 418 g/mol. The first-order chi connectivity index (χ1) is 14.3. The molecule has 1 aromatic heterocycles. The van der Waals surface area contributed by atoms with Crippen molar-refractivity contribution in [3.63, 3.8) is 0 Å². The van der Waals surface area contributed by atoms with Crippen molar-refractivity contribution in [3.8, 4) is 17.0 Å². The predicted octanol–water partition coefficient (Wildman–Crippen LogP) is 5.37. The lowest BCUT2D eigenvalue weighted by Gasteiger charge is -2.13. The van der Waals surface area contributed by atoms with Crippen molar-refractivity contribution >= 4 is 11.8 Å². The van der Waals surface area contributed by atoms with E-state index in [0.717, 1.165) is 18.4 Å². The number of alkyl halides is 3. The highest BCUT2D eigenvalue weighted by molar-refractivity contribution is 5.66. The van der Waals surface area contributed by atoms with Crippen LogP contribution in [0.2, 0.25) is 0 Å². The second-order valence-electron chi connectivity index (χ2n) is 6.94. The van der Waals surface area contributed by atoms with Crippen molar-refractivity contribution in [1.82, 2.24) is 9.97 Å². The molecule has 5 nitrogen and oxygen atoms in total. The highest BCUT2D eigenvalue weighted by Gasteiger charge is 2.31. The van der Waals surface area contributed by atoms with Crippen LogP contribution in [0.1, 0.15) is 18.4 Å². The van der Waals surface area contributed by atoms with Crippen molar-refractivity contribution in [3.05, 3.63) is 66.0 Å². The molecule has 0 spiro atoms. The Hall–Kier alpha value is -3.36. The van der Waals surface area contributed by atoms with Crippen LogP contribution in [-0.4, -0.2) is 22.4 Å². The van der Waals surface area contributed by atoms with Gasteiger partial charge in [0.25, 0.3) is 0 Å². The zero-order valence-corrected chi connectivity index (χ0v) is 15.7. The summed E-state index contributed by atoms with van der Waals surface area (Å²) in [6.07, 6.45) is -2.74. The number of aromatic nitrogens is 2. The first kappa shape index (κ1) is 19.9. The zero-order valence-electron chi connectivity index (χ0n) is 15.7. The molecule has 30 heavy (non-hydrogen) atoms. The largest absolute Gasteiger partial charge is 0.573 e. The number of nitrogens with zero attached hydrogens (tertiary/aromatic N) is 2. The highest BCUT2D eigenvalue weighted by Crippen LogP contribution is 2.30. The van der Waals surface area contributed by atoms with Crippen molar-refractivity contribution in [2.75, 3.05) is 10.6 Å². The van der Waals surface area contributed by atoms with Gasteiger partial charge in [-0.2, -0.15) is 4.98 Å². The molecule has 0 saturated heterocycles. The Morgan fingerprint density at radius 3 is 2.47 bits per heavy atom. The minimum atomic E-state index is -4.77. The maximum Gasteiger partial charge on any atom is 0.573 e. The molecule has 4 rings (SSSR count). The summed E-state index contributed by atoms with van der Waals surface area (Å²) < 4.78 is 54.7. The second kappa shape index (κ2) is 8.17. The molecule has 156 valence electrons. The van der Waals surface area contributed by atoms with Crippen molar-refractivity contribution in [2.45, 2.75) is 31.8 Å². The molecular formula is C21H18F4N4O. The fourth-order valence-corrected chi connectivity index (χ4v) is 2.81. The quantitative estimate of drug-likeness (QED) is 0.506. The standard InChI is InChI=1S/C21H18F4N4O/c22-15-6-4-13(5-7-15)12-26-19-11-18(28-20(29-19)27-16-8-9-16)14-2-1-3-17(10-14)30-21(23,24)25/h1-7,10-11,16H,8-9,12H2,(H2,26,27,28,29). The van der Waals surface area contributed by atoms with Gasteiger partial charge in [-0.25, -0.2) is 9.37 Å². The minimum absolute atomic E-state index is 0.296. The van der Waals surface area contributed by atoms with Gasteiger partial charge in [0, 0.05) is 24.2 Å². The molecule has 1 aliphatic carbocycles. The lowest BCUT2D eigenvalue weighted by atomic mass is 10.1. The number of halogens is 4. The Morgan fingerprint density at radius 1 is 1.00 bits per heavy atom. The lowest BCUT2D eigenvalue weighted by Crippen LogP contribution is -2.17. The smallest absolute Gasteiger partial charge is 0.406 e. The van der Waals surface area contributed by atoms with Crippen LogP contribution in [0.4, 0.5) is 29.3 Å². The Morgan fingerprint density at radius 2 is 1.77 bits per heavy atom. The molecule has 1 saturated carbocycles. The highest BCUT2D eigenvalue weighted by atomic mass is 19.4. The normalized spacial score (nSPS) is 13.7. The summed E-state index contributed by atoms with van der Waals surface area (Å²) in [6, 6.07) is 13.6. The first-order valence-corrected chi connectivity index (χ1v) is 9.34. The van der Waals surface area contributed by atoms with Gasteiger partial charge in [0.2, 0.25) is 5.95 Å². The van der Waals surface area contributed by atoms with Gasteiger partial charge in [-0.15, -0.1) is 13.2 Å². The monoisotopic (exact) mass is 418 g/mol. The molecule has 1 aliphatic rings. The number of ether oxygens (including phenoxy) is 1. The van der Waals surface area contributed by atoms with E-state index in [1.54, 1.807) is 24.3 Å². The number of anilines is 2. The number of rotatable bonds is 7. The molecule has 0 amide bonds. The minimum Gasteiger partial charge on any atom is -0.406 e. The van der Waals surface area contributed by atoms with Gasteiger partial charge >= 0.3 is 6.36 Å². The molecule has 1 fully saturated rings. The van der Waals surface area contributed by atoms with E-state index >= 15 is 0 Å². The summed E-state index contributed by atoms with van der Waals surface area (Å²) in [7, 11) is 0. The number of nitrogens with one attached hydrogen (secondary N) is 2. The van der Waals surface area contributed by atoms with Crippen LogP contribution in [-0.2, 0) is 6.54 Å². The third-order valence-electron chi connectivity index (χ3n) is 4.39. The number of hydrogen-bond acceptors (Lipinski definition) is 5. The van der Waals surface area contributed by atoms with Crippen LogP contribution in [0.25, 0.3) is 11.3 Å². The topological polar surface area (TPSA) is 59.1 Å². The molecule has 2 N–H and O–H groups in total. The molecule has 0 bridgehead atoms. The Bertz CT molecular complexity index is 1020. The first-order valence-electron chi connectivity index (χ1n) is 9.34. The average Bonchev–Trinajstić information content (AvgIpc) is 3.50. The Labute approximate surface area is 170 Å². The van der Waals surface area contributed by atoms with Crippen molar-refractivity contribution in [2.24, 2.45) is 0 Å². The van der Waals surface area contributed by atoms with E-state index in [1.165, 1.54) is 30.3 Å². The second-order valence-corrected chi connectivity index (χ2v) is 6.94. The number of hydrogen-bond donors (Lipinski definition) is 2. The summed E-state index contributed by atoms with van der Waals surface area (Å²) >= 11 is 0. The SMILES string of the molecule is Fc1ccc(CNc2cc(-c3cccc(OC(F)(F)F)c3)nc(NC3CC3)n2)cc1. The van der Waals surface area contributed by atoms with E-state index in [4.69, 9.17) is 0 Å². The van der Waals surface area contributed by atoms with E-state index in [1.807, 2.05) is 0 Å². The van der Waals surface area contributed by atoms with E-state index in [9.17, 15) is 17.6 Å². The molecule has 1 heterocycles. The molecule has 0 aliphatic heterocycles. The maximum atomic E-state index is 13.1. The van der Waals surface area contributed by atoms with Gasteiger partial charge in [0.15, 0.2) is 0 Å². The number of benzene rings is 2. The molecule has 0 atom stereocenters. The molecule has 0 unspecified atom stereocenters. The van der Waals surface area contributed by atoms with Crippen LogP contribution < -0.4 is 15.4 Å². The van der Waals surface area contributed by atoms with Gasteiger partial charge < -0.3 is 15.4 Å². The zero-order chi connectivity index (χ0) is 21.1. The van der Waals surface area contributed by atoms with Crippen LogP contribution in [0.5, 0.6) is 5.75 Å². The van der Waals surface area contributed by atoms with Gasteiger partial charge in [-0.05, 0) is 42.7 Å². The Kier molecular flexibility index (Phi) is 5.43. The lowest BCUT2D eigenvalue weighted by molar-refractivity contribution is -0.274. The van der Waals surface area contributed by atoms with Crippen molar-refractivity contribution < 1.29 is 22.3 Å². The molecule has 9 heteroatoms. The maximum absolute atomic E-state index is 13.1. The molecule has 2 aromatic carbocycles. The van der Waals surface area contributed by atoms with Gasteiger partial charge in [0.1, 0.15) is 17.4 Å². The van der Waals surface area contributed by atoms with Gasteiger partial charge in [-0.3, -0.25) is 0 Å². The van der Waals surface area contributed by atoms with Crippen molar-refractivity contribution in [1.29, 1.82) is 0 Å². The van der Waals surface area contributed by atoms with E-state index < -0.39 is 6.36 Å². The third-order valence-corrected chi connectivity index (χ3v) is 4.39. The fourth-order valence-electron chi connectivity index (χ4n) is 2.81. The van der Waals surface area contributed by atoms with Crippen LogP contribution in [0.15, 0.2) is 54.6 Å². The fraction of sp³-hybridized carbons (Fsp3) is 0.238. The van der Waals surface area contributed by atoms with Crippen LogP contribution in [0, 0.1) is 5.82 Å². The summed E-state index contributed by atoms with van der Waals surface area (Å²) in [5.41, 5.74) is 1.76. The summed E-state index contributed by atoms with van der Waals surface area (Å²) in [5, 5.41) is 6.35. The molecule has 3 aromatic rings. The predicted molar refractivity (Wildman–Crippen MR) is 105 cm³/mol. The molecule has 0 radical (unpaired) electrons. The molecular weight excluding hydrogens is 400 g/mol. The summed E-state index contributed by atoms with van der Waals surface area (Å²) in [4.78, 5) is 8.87. The Balaban J connectivity index is 1.59. The van der Waals surface area contributed by atoms with E-state index in [0.29, 0.717) is 35.6 Å².